The molecule has 1 amide bonds. The van der Waals surface area contributed by atoms with Crippen LogP contribution in [-0.2, 0) is 15.2 Å². The Kier molecular flexibility index (Phi) is 6.56. The minimum absolute atomic E-state index is 0.213. The maximum atomic E-state index is 13.2. The number of carbonyl (C=O) groups is 2. The molecule has 0 saturated carbocycles. The van der Waals surface area contributed by atoms with Crippen LogP contribution in [-0.4, -0.2) is 29.9 Å². The fraction of sp³-hybridized carbons (Fsp3) is 0.462. The Bertz CT molecular complexity index is 1010. The summed E-state index contributed by atoms with van der Waals surface area (Å²) in [5.74, 6) is 0.592. The van der Waals surface area contributed by atoms with E-state index in [0.29, 0.717) is 31.1 Å². The van der Waals surface area contributed by atoms with Crippen LogP contribution in [0.4, 0.5) is 5.69 Å². The second kappa shape index (κ2) is 8.83. The molecule has 2 aromatic carbocycles. The van der Waals surface area contributed by atoms with E-state index in [1.54, 1.807) is 4.90 Å². The topological polar surface area (TPSA) is 66.8 Å². The molecule has 2 aromatic rings. The molecule has 5 heteroatoms. The van der Waals surface area contributed by atoms with Crippen LogP contribution in [0.15, 0.2) is 30.3 Å². The highest BCUT2D eigenvalue weighted by molar-refractivity contribution is 6.09. The molecule has 0 radical (unpaired) electrons. The van der Waals surface area contributed by atoms with Crippen molar-refractivity contribution in [2.24, 2.45) is 0 Å². The van der Waals surface area contributed by atoms with Gasteiger partial charge in [-0.05, 0) is 62.8 Å². The van der Waals surface area contributed by atoms with Gasteiger partial charge < -0.3 is 14.7 Å². The third kappa shape index (κ3) is 4.52. The van der Waals surface area contributed by atoms with E-state index in [9.17, 15) is 14.7 Å². The minimum atomic E-state index is -1.79. The summed E-state index contributed by atoms with van der Waals surface area (Å²) in [4.78, 5) is 26.7. The van der Waals surface area contributed by atoms with Gasteiger partial charge in [-0.3, -0.25) is 9.59 Å². The summed E-state index contributed by atoms with van der Waals surface area (Å²) in [5.41, 5.74) is 3.64. The van der Waals surface area contributed by atoms with Crippen molar-refractivity contribution in [1.29, 1.82) is 0 Å². The monoisotopic (exact) mass is 423 g/mol. The fourth-order valence-electron chi connectivity index (χ4n) is 4.47. The highest BCUT2D eigenvalue weighted by atomic mass is 16.5. The lowest BCUT2D eigenvalue weighted by molar-refractivity contribution is -0.141. The Labute approximate surface area is 185 Å². The van der Waals surface area contributed by atoms with Crippen LogP contribution in [0.25, 0.3) is 0 Å². The molecule has 1 unspecified atom stereocenters. The molecule has 31 heavy (non-hydrogen) atoms. The van der Waals surface area contributed by atoms with E-state index in [4.69, 9.17) is 4.74 Å². The molecular weight excluding hydrogens is 390 g/mol. The van der Waals surface area contributed by atoms with Crippen LogP contribution in [0.5, 0.6) is 5.75 Å². The average Bonchev–Trinajstić information content (AvgIpc) is 2.86. The van der Waals surface area contributed by atoms with E-state index in [2.05, 4.69) is 26.0 Å². The van der Waals surface area contributed by atoms with Crippen molar-refractivity contribution in [3.8, 4) is 5.75 Å². The van der Waals surface area contributed by atoms with Crippen LogP contribution >= 0.6 is 0 Å². The SMILES string of the molecule is CC(=O)CC1(O)C(=O)N(CCCOc2cc(C)ccc2C(C)C)c2c(C)cc(C)cc21. The van der Waals surface area contributed by atoms with Crippen molar-refractivity contribution < 1.29 is 19.4 Å². The lowest BCUT2D eigenvalue weighted by atomic mass is 9.88. The number of amides is 1. The third-order valence-electron chi connectivity index (χ3n) is 5.84. The van der Waals surface area contributed by atoms with E-state index in [0.717, 1.165) is 33.7 Å². The number of rotatable bonds is 8. The number of aliphatic hydroxyl groups is 1. The first kappa shape index (κ1) is 23.0. The van der Waals surface area contributed by atoms with E-state index in [-0.39, 0.29) is 12.2 Å². The maximum absolute atomic E-state index is 13.2. The largest absolute Gasteiger partial charge is 0.493 e. The van der Waals surface area contributed by atoms with Crippen LogP contribution in [0.2, 0.25) is 0 Å². The number of fused-ring (bicyclic) bond motifs is 1. The van der Waals surface area contributed by atoms with Gasteiger partial charge in [0.15, 0.2) is 5.60 Å². The van der Waals surface area contributed by atoms with Gasteiger partial charge in [0, 0.05) is 18.5 Å². The van der Waals surface area contributed by atoms with Crippen molar-refractivity contribution in [3.05, 3.63) is 58.1 Å². The van der Waals surface area contributed by atoms with E-state index in [1.165, 1.54) is 6.92 Å². The molecule has 1 atom stereocenters. The normalized spacial score (nSPS) is 17.9. The highest BCUT2D eigenvalue weighted by Gasteiger charge is 2.50. The number of hydrogen-bond acceptors (Lipinski definition) is 4. The zero-order valence-electron chi connectivity index (χ0n) is 19.4. The summed E-state index contributed by atoms with van der Waals surface area (Å²) in [6.45, 7) is 12.4. The lowest BCUT2D eigenvalue weighted by Gasteiger charge is -2.22. The predicted octanol–water partition coefficient (Wildman–Crippen LogP) is 4.72. The first-order valence-corrected chi connectivity index (χ1v) is 10.9. The summed E-state index contributed by atoms with van der Waals surface area (Å²) in [7, 11) is 0. The van der Waals surface area contributed by atoms with Crippen molar-refractivity contribution in [2.45, 2.75) is 65.9 Å². The Balaban J connectivity index is 1.78. The van der Waals surface area contributed by atoms with Gasteiger partial charge in [-0.1, -0.05) is 43.7 Å². The van der Waals surface area contributed by atoms with E-state index in [1.807, 2.05) is 39.0 Å². The molecule has 0 bridgehead atoms. The van der Waals surface area contributed by atoms with Gasteiger partial charge in [-0.2, -0.15) is 0 Å². The Morgan fingerprint density at radius 3 is 2.48 bits per heavy atom. The van der Waals surface area contributed by atoms with Gasteiger partial charge in [0.1, 0.15) is 11.5 Å². The van der Waals surface area contributed by atoms with Crippen molar-refractivity contribution >= 4 is 17.4 Å². The first-order valence-electron chi connectivity index (χ1n) is 10.9. The summed E-state index contributed by atoms with van der Waals surface area (Å²) < 4.78 is 6.07. The number of Topliss-reactive ketones (excluding diaryl/α,β-unsaturated/α-hetero) is 1. The molecule has 166 valence electrons. The number of ether oxygens (including phenoxy) is 1. The van der Waals surface area contributed by atoms with E-state index >= 15 is 0 Å². The van der Waals surface area contributed by atoms with E-state index < -0.39 is 11.5 Å². The Morgan fingerprint density at radius 1 is 1.13 bits per heavy atom. The zero-order valence-corrected chi connectivity index (χ0v) is 19.4. The lowest BCUT2D eigenvalue weighted by Crippen LogP contribution is -2.42. The molecule has 1 N–H and O–H groups in total. The zero-order chi connectivity index (χ0) is 22.9. The molecule has 3 rings (SSSR count). The number of carbonyl (C=O) groups excluding carboxylic acids is 2. The Morgan fingerprint density at radius 2 is 1.84 bits per heavy atom. The third-order valence-corrected chi connectivity index (χ3v) is 5.84. The smallest absolute Gasteiger partial charge is 0.264 e. The molecule has 0 fully saturated rings. The molecule has 0 saturated heterocycles. The van der Waals surface area contributed by atoms with Gasteiger partial charge in [0.05, 0.1) is 12.3 Å². The second-order valence-electron chi connectivity index (χ2n) is 9.07. The number of ketones is 1. The number of hydrogen-bond donors (Lipinski definition) is 1. The van der Waals surface area contributed by atoms with Gasteiger partial charge >= 0.3 is 0 Å². The molecule has 5 nitrogen and oxygen atoms in total. The fourth-order valence-corrected chi connectivity index (χ4v) is 4.47. The number of benzene rings is 2. The van der Waals surface area contributed by atoms with Crippen molar-refractivity contribution in [2.75, 3.05) is 18.1 Å². The molecule has 0 spiro atoms. The van der Waals surface area contributed by atoms with Crippen LogP contribution in [0.3, 0.4) is 0 Å². The number of aryl methyl sites for hydroxylation is 3. The number of nitrogens with zero attached hydrogens (tertiary/aromatic N) is 1. The van der Waals surface area contributed by atoms with Gasteiger partial charge in [0.2, 0.25) is 0 Å². The first-order chi connectivity index (χ1) is 14.5. The van der Waals surface area contributed by atoms with Crippen LogP contribution in [0.1, 0.15) is 67.3 Å². The molecule has 1 aliphatic rings. The maximum Gasteiger partial charge on any atom is 0.264 e. The van der Waals surface area contributed by atoms with Gasteiger partial charge in [-0.15, -0.1) is 0 Å². The summed E-state index contributed by atoms with van der Waals surface area (Å²) in [5, 5.41) is 11.2. The van der Waals surface area contributed by atoms with Crippen molar-refractivity contribution in [3.63, 3.8) is 0 Å². The predicted molar refractivity (Wildman–Crippen MR) is 123 cm³/mol. The average molecular weight is 424 g/mol. The van der Waals surface area contributed by atoms with Gasteiger partial charge in [0.25, 0.3) is 5.91 Å². The summed E-state index contributed by atoms with van der Waals surface area (Å²) >= 11 is 0. The quantitative estimate of drug-likeness (QED) is 0.624. The molecule has 0 aliphatic carbocycles. The molecule has 1 heterocycles. The van der Waals surface area contributed by atoms with Crippen LogP contribution < -0.4 is 9.64 Å². The minimum Gasteiger partial charge on any atom is -0.493 e. The standard InChI is InChI=1S/C26H33NO4/c1-16(2)21-9-8-17(3)14-23(21)31-11-7-10-27-24-19(5)12-18(4)13-22(24)26(30,25(27)29)15-20(6)28/h8-9,12-14,16,30H,7,10-11,15H2,1-6H3. The molecular formula is C26H33NO4. The van der Waals surface area contributed by atoms with Gasteiger partial charge in [-0.25, -0.2) is 0 Å². The summed E-state index contributed by atoms with van der Waals surface area (Å²) in [6.07, 6.45) is 0.399. The second-order valence-corrected chi connectivity index (χ2v) is 9.07. The number of anilines is 1. The van der Waals surface area contributed by atoms with Crippen LogP contribution in [0, 0.1) is 20.8 Å². The Hall–Kier alpha value is -2.66. The summed E-state index contributed by atoms with van der Waals surface area (Å²) in [6, 6.07) is 10.0. The van der Waals surface area contributed by atoms with Crippen molar-refractivity contribution in [1.82, 2.24) is 0 Å². The molecule has 0 aromatic heterocycles. The molecule has 1 aliphatic heterocycles. The highest BCUT2D eigenvalue weighted by Crippen LogP contribution is 2.45.